The van der Waals surface area contributed by atoms with Crippen LogP contribution >= 0.6 is 0 Å². The Balaban J connectivity index is 1.83. The highest BCUT2D eigenvalue weighted by Gasteiger charge is 2.26. The summed E-state index contributed by atoms with van der Waals surface area (Å²) in [5, 5.41) is 9.86. The third-order valence-electron chi connectivity index (χ3n) is 5.73. The Morgan fingerprint density at radius 1 is 1.07 bits per heavy atom. The van der Waals surface area contributed by atoms with Crippen molar-refractivity contribution >= 4 is 22.8 Å². The van der Waals surface area contributed by atoms with Crippen molar-refractivity contribution in [3.05, 3.63) is 53.8 Å². The molecule has 0 bridgehead atoms. The van der Waals surface area contributed by atoms with Gasteiger partial charge in [-0.3, -0.25) is 0 Å². The van der Waals surface area contributed by atoms with E-state index in [0.29, 0.717) is 28.1 Å². The van der Waals surface area contributed by atoms with Crippen molar-refractivity contribution < 1.29 is 19.0 Å². The molecule has 0 radical (unpaired) electrons. The highest BCUT2D eigenvalue weighted by atomic mass is 19.1. The zero-order chi connectivity index (χ0) is 21.3. The standard InChI is InChI=1S/C23H24FN3O3/c1-27(17-8-10-18(28)11-9-17)22-21(14-3-6-16(24)7-4-14)25-19-12-5-15(23(29)30-2)13-20(19)26-22/h3-7,12-13,17-18,28H,8-11H2,1-2H3/t17-,18-. The molecule has 3 aromatic rings. The van der Waals surface area contributed by atoms with E-state index >= 15 is 0 Å². The maximum Gasteiger partial charge on any atom is 0.337 e. The minimum atomic E-state index is -0.433. The van der Waals surface area contributed by atoms with Gasteiger partial charge in [0.1, 0.15) is 11.5 Å². The maximum absolute atomic E-state index is 13.5. The summed E-state index contributed by atoms with van der Waals surface area (Å²) in [5.41, 5.74) is 3.05. The van der Waals surface area contributed by atoms with Crippen LogP contribution in [0.3, 0.4) is 0 Å². The van der Waals surface area contributed by atoms with Crippen LogP contribution in [0.2, 0.25) is 0 Å². The van der Waals surface area contributed by atoms with Gasteiger partial charge in [0.2, 0.25) is 0 Å². The molecule has 1 saturated carbocycles. The number of aromatic nitrogens is 2. The summed E-state index contributed by atoms with van der Waals surface area (Å²) in [5.74, 6) is -0.0820. The summed E-state index contributed by atoms with van der Waals surface area (Å²) in [6.45, 7) is 0. The molecular weight excluding hydrogens is 385 g/mol. The van der Waals surface area contributed by atoms with Gasteiger partial charge < -0.3 is 14.7 Å². The van der Waals surface area contributed by atoms with Crippen LogP contribution in [0.1, 0.15) is 36.0 Å². The van der Waals surface area contributed by atoms with E-state index in [1.165, 1.54) is 19.2 Å². The molecular formula is C23H24FN3O3. The minimum absolute atomic E-state index is 0.211. The van der Waals surface area contributed by atoms with Crippen LogP contribution in [0.25, 0.3) is 22.3 Å². The van der Waals surface area contributed by atoms with Gasteiger partial charge in [-0.05, 0) is 68.1 Å². The number of carbonyl (C=O) groups excluding carboxylic acids is 1. The lowest BCUT2D eigenvalue weighted by Crippen LogP contribution is -2.37. The average Bonchev–Trinajstić information content (AvgIpc) is 2.78. The molecule has 0 aliphatic heterocycles. The molecule has 6 nitrogen and oxygen atoms in total. The van der Waals surface area contributed by atoms with Crippen molar-refractivity contribution in [3.63, 3.8) is 0 Å². The number of fused-ring (bicyclic) bond motifs is 1. The predicted octanol–water partition coefficient (Wildman–Crippen LogP) is 3.96. The second kappa shape index (κ2) is 8.36. The summed E-state index contributed by atoms with van der Waals surface area (Å²) < 4.78 is 18.3. The number of hydrogen-bond donors (Lipinski definition) is 1. The van der Waals surface area contributed by atoms with E-state index in [0.717, 1.165) is 31.2 Å². The van der Waals surface area contributed by atoms with Crippen LogP contribution in [0, 0.1) is 5.82 Å². The van der Waals surface area contributed by atoms with Crippen molar-refractivity contribution in [2.24, 2.45) is 0 Å². The average molecular weight is 409 g/mol. The van der Waals surface area contributed by atoms with Crippen LogP contribution in [-0.2, 0) is 4.74 Å². The van der Waals surface area contributed by atoms with Crippen LogP contribution in [-0.4, -0.2) is 47.3 Å². The lowest BCUT2D eigenvalue weighted by Gasteiger charge is -2.34. The first-order valence-corrected chi connectivity index (χ1v) is 10.0. The predicted molar refractivity (Wildman–Crippen MR) is 113 cm³/mol. The SMILES string of the molecule is COC(=O)c1ccc2nc(-c3ccc(F)cc3)c(N(C)[C@H]3CC[C@H](O)CC3)nc2c1. The summed E-state index contributed by atoms with van der Waals surface area (Å²) >= 11 is 0. The third-order valence-corrected chi connectivity index (χ3v) is 5.73. The molecule has 1 aromatic heterocycles. The van der Waals surface area contributed by atoms with Crippen molar-refractivity contribution in [2.45, 2.75) is 37.8 Å². The highest BCUT2D eigenvalue weighted by molar-refractivity contribution is 5.94. The van der Waals surface area contributed by atoms with Gasteiger partial charge in [-0.15, -0.1) is 0 Å². The van der Waals surface area contributed by atoms with E-state index in [-0.39, 0.29) is 18.0 Å². The quantitative estimate of drug-likeness (QED) is 0.658. The molecule has 2 aromatic carbocycles. The maximum atomic E-state index is 13.5. The van der Waals surface area contributed by atoms with Crippen LogP contribution in [0.15, 0.2) is 42.5 Å². The van der Waals surface area contributed by atoms with Gasteiger partial charge in [0.15, 0.2) is 5.82 Å². The summed E-state index contributed by atoms with van der Waals surface area (Å²) in [6.07, 6.45) is 2.93. The molecule has 1 aliphatic rings. The number of ether oxygens (including phenoxy) is 1. The molecule has 1 N–H and O–H groups in total. The van der Waals surface area contributed by atoms with Gasteiger partial charge in [0, 0.05) is 18.7 Å². The smallest absolute Gasteiger partial charge is 0.337 e. The van der Waals surface area contributed by atoms with E-state index in [1.54, 1.807) is 30.3 Å². The normalized spacial score (nSPS) is 18.9. The lowest BCUT2D eigenvalue weighted by molar-refractivity contribution is 0.0601. The Morgan fingerprint density at radius 3 is 2.43 bits per heavy atom. The molecule has 0 unspecified atom stereocenters. The molecule has 1 heterocycles. The molecule has 1 fully saturated rings. The highest BCUT2D eigenvalue weighted by Crippen LogP contribution is 2.33. The zero-order valence-electron chi connectivity index (χ0n) is 17.0. The number of halogens is 1. The molecule has 156 valence electrons. The van der Waals surface area contributed by atoms with Crippen molar-refractivity contribution in [1.82, 2.24) is 9.97 Å². The Kier molecular flexibility index (Phi) is 5.63. The van der Waals surface area contributed by atoms with Gasteiger partial charge in [-0.1, -0.05) is 0 Å². The summed E-state index contributed by atoms with van der Waals surface area (Å²) in [6, 6.07) is 11.5. The van der Waals surface area contributed by atoms with E-state index in [2.05, 4.69) is 4.90 Å². The molecule has 1 aliphatic carbocycles. The Hall–Kier alpha value is -3.06. The van der Waals surface area contributed by atoms with Crippen molar-refractivity contribution in [1.29, 1.82) is 0 Å². The fourth-order valence-corrected chi connectivity index (χ4v) is 3.96. The molecule has 0 atom stereocenters. The summed E-state index contributed by atoms with van der Waals surface area (Å²) in [4.78, 5) is 23.7. The fraction of sp³-hybridized carbons (Fsp3) is 0.348. The number of methoxy groups -OCH3 is 1. The van der Waals surface area contributed by atoms with Gasteiger partial charge in [-0.25, -0.2) is 19.2 Å². The first-order chi connectivity index (χ1) is 14.5. The number of aliphatic hydroxyl groups excluding tert-OH is 1. The number of anilines is 1. The second-order valence-electron chi connectivity index (χ2n) is 7.67. The number of rotatable bonds is 4. The summed E-state index contributed by atoms with van der Waals surface area (Å²) in [7, 11) is 3.31. The fourth-order valence-electron chi connectivity index (χ4n) is 3.96. The van der Waals surface area contributed by atoms with Crippen LogP contribution in [0.4, 0.5) is 10.2 Å². The van der Waals surface area contributed by atoms with Gasteiger partial charge in [-0.2, -0.15) is 0 Å². The topological polar surface area (TPSA) is 75.5 Å². The molecule has 30 heavy (non-hydrogen) atoms. The van der Waals surface area contributed by atoms with Crippen molar-refractivity contribution in [2.75, 3.05) is 19.1 Å². The molecule has 7 heteroatoms. The monoisotopic (exact) mass is 409 g/mol. The molecule has 4 rings (SSSR count). The van der Waals surface area contributed by atoms with Gasteiger partial charge in [0.25, 0.3) is 0 Å². The number of benzene rings is 2. The van der Waals surface area contributed by atoms with E-state index in [4.69, 9.17) is 14.7 Å². The Morgan fingerprint density at radius 2 is 1.77 bits per heavy atom. The van der Waals surface area contributed by atoms with Crippen LogP contribution in [0.5, 0.6) is 0 Å². The third kappa shape index (κ3) is 3.98. The number of carbonyl (C=O) groups is 1. The number of nitrogens with zero attached hydrogens (tertiary/aromatic N) is 3. The number of esters is 1. The van der Waals surface area contributed by atoms with Gasteiger partial charge in [0.05, 0.1) is 29.8 Å². The minimum Gasteiger partial charge on any atom is -0.465 e. The van der Waals surface area contributed by atoms with E-state index < -0.39 is 5.97 Å². The zero-order valence-corrected chi connectivity index (χ0v) is 17.0. The first-order valence-electron chi connectivity index (χ1n) is 10.0. The van der Waals surface area contributed by atoms with Crippen LogP contribution < -0.4 is 4.90 Å². The number of hydrogen-bond acceptors (Lipinski definition) is 6. The van der Waals surface area contributed by atoms with Crippen molar-refractivity contribution in [3.8, 4) is 11.3 Å². The largest absolute Gasteiger partial charge is 0.465 e. The molecule has 0 spiro atoms. The van der Waals surface area contributed by atoms with E-state index in [1.807, 2.05) is 7.05 Å². The Bertz CT molecular complexity index is 1060. The molecule has 0 saturated heterocycles. The number of aliphatic hydroxyl groups is 1. The van der Waals surface area contributed by atoms with Gasteiger partial charge >= 0.3 is 5.97 Å². The first kappa shape index (κ1) is 20.2. The van der Waals surface area contributed by atoms with E-state index in [9.17, 15) is 14.3 Å². The molecule has 0 amide bonds. The lowest BCUT2D eigenvalue weighted by atomic mass is 9.92. The second-order valence-corrected chi connectivity index (χ2v) is 7.67. The Labute approximate surface area is 174 Å².